The predicted molar refractivity (Wildman–Crippen MR) is 128 cm³/mol. The summed E-state index contributed by atoms with van der Waals surface area (Å²) in [6, 6.07) is 7.51. The van der Waals surface area contributed by atoms with Gasteiger partial charge in [-0.25, -0.2) is 9.97 Å². The van der Waals surface area contributed by atoms with Crippen LogP contribution in [0.25, 0.3) is 15.9 Å². The number of aryl methyl sites for hydroxylation is 2. The normalized spacial score (nSPS) is 16.9. The van der Waals surface area contributed by atoms with Crippen molar-refractivity contribution in [3.05, 3.63) is 45.6 Å². The molecule has 0 unspecified atom stereocenters. The van der Waals surface area contributed by atoms with Crippen LogP contribution in [-0.4, -0.2) is 56.5 Å². The van der Waals surface area contributed by atoms with Crippen molar-refractivity contribution in [3.8, 4) is 5.69 Å². The number of nitrogens with zero attached hydrogens (tertiary/aromatic N) is 6. The number of aromatic nitrogens is 6. The predicted octanol–water partition coefficient (Wildman–Crippen LogP) is 2.77. The lowest BCUT2D eigenvalue weighted by atomic mass is 9.97. The Hall–Kier alpha value is -2.11. The maximum atomic E-state index is 6.07. The third-order valence-corrected chi connectivity index (χ3v) is 8.50. The van der Waals surface area contributed by atoms with Crippen molar-refractivity contribution < 1.29 is 9.64 Å². The van der Waals surface area contributed by atoms with Gasteiger partial charge in [-0.15, -0.1) is 16.4 Å². The van der Waals surface area contributed by atoms with Crippen molar-refractivity contribution >= 4 is 44.9 Å². The number of ether oxygens (including phenoxy) is 1. The average molecular weight is 501 g/mol. The van der Waals surface area contributed by atoms with Crippen LogP contribution < -0.4 is 4.90 Å². The van der Waals surface area contributed by atoms with Crippen LogP contribution in [0.1, 0.15) is 29.1 Å². The van der Waals surface area contributed by atoms with Gasteiger partial charge in [0.15, 0.2) is 5.82 Å². The van der Waals surface area contributed by atoms with Gasteiger partial charge in [0.25, 0.3) is 0 Å². The molecule has 8 nitrogen and oxygen atoms in total. The zero-order valence-electron chi connectivity index (χ0n) is 18.0. The maximum absolute atomic E-state index is 6.07. The fourth-order valence-electron chi connectivity index (χ4n) is 4.45. The van der Waals surface area contributed by atoms with Gasteiger partial charge < -0.3 is 9.64 Å². The highest BCUT2D eigenvalue weighted by atomic mass is 35.5. The Kier molecular flexibility index (Phi) is 6.02. The van der Waals surface area contributed by atoms with E-state index in [4.69, 9.17) is 26.3 Å². The third-order valence-electron chi connectivity index (χ3n) is 6.14. The smallest absolute Gasteiger partial charge is 0.220 e. The van der Waals surface area contributed by atoms with E-state index >= 15 is 0 Å². The standard InChI is InChI=1S/C22H22ClN7OS2/c23-14-5-7-15(8-6-14)30-22(26-27-28-30)33-21-19-16-3-1-2-4-17(16)32-20(19)24-18(25-21)13-29-9-11-31-12-10-29/h5-8H,1-4,9-13H2/p+1. The van der Waals surface area contributed by atoms with Gasteiger partial charge in [0.2, 0.25) is 5.16 Å². The van der Waals surface area contributed by atoms with E-state index in [-0.39, 0.29) is 0 Å². The summed E-state index contributed by atoms with van der Waals surface area (Å²) in [6.07, 6.45) is 4.68. The highest BCUT2D eigenvalue weighted by molar-refractivity contribution is 7.99. The van der Waals surface area contributed by atoms with Gasteiger partial charge in [0.05, 0.1) is 18.9 Å². The monoisotopic (exact) mass is 500 g/mol. The van der Waals surface area contributed by atoms with Gasteiger partial charge in [-0.1, -0.05) is 11.6 Å². The SMILES string of the molecule is Clc1ccc(-n2nnnc2Sc2nc(C[NH+]3CCOCC3)nc3sc4c(c23)CCCC4)cc1. The average Bonchev–Trinajstić information content (AvgIpc) is 3.44. The number of tetrazole rings is 1. The Balaban J connectivity index is 1.41. The summed E-state index contributed by atoms with van der Waals surface area (Å²) in [4.78, 5) is 14.1. The number of morpholine rings is 1. The number of quaternary nitrogens is 1. The van der Waals surface area contributed by atoms with Crippen molar-refractivity contribution in [1.29, 1.82) is 0 Å². The summed E-state index contributed by atoms with van der Waals surface area (Å²) in [7, 11) is 0. The first-order valence-electron chi connectivity index (χ1n) is 11.2. The number of thiophene rings is 1. The summed E-state index contributed by atoms with van der Waals surface area (Å²) in [6.45, 7) is 4.36. The van der Waals surface area contributed by atoms with Crippen LogP contribution in [-0.2, 0) is 24.1 Å². The quantitative estimate of drug-likeness (QED) is 0.422. The first-order valence-corrected chi connectivity index (χ1v) is 13.2. The molecule has 0 bridgehead atoms. The lowest BCUT2D eigenvalue weighted by Crippen LogP contribution is -3.12. The molecule has 1 fully saturated rings. The molecule has 2 aliphatic rings. The van der Waals surface area contributed by atoms with Crippen LogP contribution in [0.15, 0.2) is 34.4 Å². The number of hydrogen-bond donors (Lipinski definition) is 1. The maximum Gasteiger partial charge on any atom is 0.220 e. The first-order chi connectivity index (χ1) is 16.2. The Bertz CT molecular complexity index is 1280. The van der Waals surface area contributed by atoms with E-state index in [2.05, 4.69) is 15.5 Å². The molecule has 6 rings (SSSR count). The van der Waals surface area contributed by atoms with E-state index in [0.717, 1.165) is 67.1 Å². The summed E-state index contributed by atoms with van der Waals surface area (Å²) in [5, 5.41) is 16.0. The summed E-state index contributed by atoms with van der Waals surface area (Å²) < 4.78 is 7.26. The third kappa shape index (κ3) is 4.38. The molecule has 0 spiro atoms. The van der Waals surface area contributed by atoms with E-state index in [1.807, 2.05) is 35.6 Å². The summed E-state index contributed by atoms with van der Waals surface area (Å²) >= 11 is 9.42. The zero-order valence-corrected chi connectivity index (χ0v) is 20.3. The van der Waals surface area contributed by atoms with Crippen molar-refractivity contribution in [1.82, 2.24) is 30.2 Å². The minimum absolute atomic E-state index is 0.678. The number of rotatable bonds is 5. The van der Waals surface area contributed by atoms with Gasteiger partial charge in [0, 0.05) is 15.3 Å². The molecule has 3 aromatic heterocycles. The molecule has 0 radical (unpaired) electrons. The van der Waals surface area contributed by atoms with E-state index in [0.29, 0.717) is 10.2 Å². The van der Waals surface area contributed by atoms with E-state index in [9.17, 15) is 0 Å². The van der Waals surface area contributed by atoms with Crippen LogP contribution in [0.2, 0.25) is 5.02 Å². The van der Waals surface area contributed by atoms with Gasteiger partial charge in [-0.05, 0) is 77.7 Å². The Morgan fingerprint density at radius 1 is 1.09 bits per heavy atom. The Labute approximate surface area is 204 Å². The molecular weight excluding hydrogens is 478 g/mol. The largest absolute Gasteiger partial charge is 0.370 e. The minimum atomic E-state index is 0.678. The summed E-state index contributed by atoms with van der Waals surface area (Å²) in [5.74, 6) is 0.881. The molecule has 1 aromatic carbocycles. The van der Waals surface area contributed by atoms with E-state index in [1.165, 1.54) is 45.3 Å². The number of nitrogens with one attached hydrogen (secondary N) is 1. The second-order valence-electron chi connectivity index (χ2n) is 8.33. The number of hydrogen-bond acceptors (Lipinski definition) is 8. The van der Waals surface area contributed by atoms with Crippen LogP contribution in [0.3, 0.4) is 0 Å². The van der Waals surface area contributed by atoms with Gasteiger partial charge >= 0.3 is 0 Å². The second-order valence-corrected chi connectivity index (χ2v) is 10.8. The molecule has 33 heavy (non-hydrogen) atoms. The molecular formula is C22H23ClN7OS2+. The molecule has 4 aromatic rings. The molecule has 0 saturated carbocycles. The van der Waals surface area contributed by atoms with Crippen LogP contribution in [0.4, 0.5) is 0 Å². The van der Waals surface area contributed by atoms with Crippen LogP contribution in [0, 0.1) is 0 Å². The zero-order chi connectivity index (χ0) is 22.2. The van der Waals surface area contributed by atoms with Crippen LogP contribution in [0.5, 0.6) is 0 Å². The minimum Gasteiger partial charge on any atom is -0.370 e. The molecule has 1 saturated heterocycles. The molecule has 4 heterocycles. The molecule has 0 amide bonds. The number of halogens is 1. The molecule has 1 N–H and O–H groups in total. The molecule has 170 valence electrons. The van der Waals surface area contributed by atoms with Crippen molar-refractivity contribution in [2.45, 2.75) is 42.4 Å². The van der Waals surface area contributed by atoms with Crippen LogP contribution >= 0.6 is 34.7 Å². The van der Waals surface area contributed by atoms with Crippen molar-refractivity contribution in [2.75, 3.05) is 26.3 Å². The highest BCUT2D eigenvalue weighted by Gasteiger charge is 2.25. The Morgan fingerprint density at radius 2 is 1.91 bits per heavy atom. The number of fused-ring (bicyclic) bond motifs is 3. The fraction of sp³-hybridized carbons (Fsp3) is 0.409. The van der Waals surface area contributed by atoms with Gasteiger partial charge in [0.1, 0.15) is 29.5 Å². The number of benzene rings is 1. The lowest BCUT2D eigenvalue weighted by molar-refractivity contribution is -0.922. The molecule has 0 atom stereocenters. The topological polar surface area (TPSA) is 83.0 Å². The van der Waals surface area contributed by atoms with Crippen molar-refractivity contribution in [3.63, 3.8) is 0 Å². The summed E-state index contributed by atoms with van der Waals surface area (Å²) in [5.41, 5.74) is 2.28. The van der Waals surface area contributed by atoms with Gasteiger partial charge in [-0.3, -0.25) is 0 Å². The fourth-order valence-corrected chi connectivity index (χ4v) is 6.88. The van der Waals surface area contributed by atoms with Gasteiger partial charge in [-0.2, -0.15) is 4.68 Å². The van der Waals surface area contributed by atoms with E-state index in [1.54, 1.807) is 4.68 Å². The van der Waals surface area contributed by atoms with E-state index < -0.39 is 0 Å². The second kappa shape index (κ2) is 9.27. The molecule has 11 heteroatoms. The first kappa shape index (κ1) is 21.4. The highest BCUT2D eigenvalue weighted by Crippen LogP contribution is 2.41. The molecule has 1 aliphatic carbocycles. The lowest BCUT2D eigenvalue weighted by Gasteiger charge is -2.23. The Morgan fingerprint density at radius 3 is 2.76 bits per heavy atom. The van der Waals surface area contributed by atoms with Crippen molar-refractivity contribution in [2.24, 2.45) is 0 Å². The molecule has 1 aliphatic heterocycles.